The van der Waals surface area contributed by atoms with Crippen molar-refractivity contribution in [3.05, 3.63) is 16.7 Å². The number of nitrogens with one attached hydrogen (secondary N) is 1. The lowest BCUT2D eigenvalue weighted by molar-refractivity contribution is 0.0121. The second-order valence-corrected chi connectivity index (χ2v) is 5.09. The van der Waals surface area contributed by atoms with Crippen LogP contribution in [0.5, 0.6) is 0 Å². The van der Waals surface area contributed by atoms with Crippen molar-refractivity contribution >= 4 is 17.1 Å². The van der Waals surface area contributed by atoms with E-state index in [4.69, 9.17) is 10.5 Å². The zero-order valence-corrected chi connectivity index (χ0v) is 9.98. The number of imidazole rings is 1. The highest BCUT2D eigenvalue weighted by Crippen LogP contribution is 2.58. The van der Waals surface area contributed by atoms with Crippen LogP contribution in [-0.2, 0) is 4.74 Å². The van der Waals surface area contributed by atoms with Gasteiger partial charge in [0, 0.05) is 12.5 Å². The minimum atomic E-state index is -0.356. The number of hydrogen-bond donors (Lipinski definition) is 3. The lowest BCUT2D eigenvalue weighted by Crippen LogP contribution is -2.17. The van der Waals surface area contributed by atoms with Crippen molar-refractivity contribution < 1.29 is 9.84 Å². The van der Waals surface area contributed by atoms with Crippen LogP contribution in [0.3, 0.4) is 0 Å². The number of nitrogen functional groups attached to an aromatic ring is 1. The largest absolute Gasteiger partial charge is 0.396 e. The zero-order chi connectivity index (χ0) is 13.1. The van der Waals surface area contributed by atoms with Gasteiger partial charge in [0.1, 0.15) is 6.23 Å². The van der Waals surface area contributed by atoms with E-state index in [0.29, 0.717) is 18.2 Å². The molecule has 8 nitrogen and oxygen atoms in total. The Balaban J connectivity index is 1.82. The summed E-state index contributed by atoms with van der Waals surface area (Å²) in [5.74, 6) is 0.996. The zero-order valence-electron chi connectivity index (χ0n) is 9.98. The molecule has 1 saturated carbocycles. The maximum absolute atomic E-state index is 11.7. The number of H-pyrrole nitrogens is 1. The van der Waals surface area contributed by atoms with Gasteiger partial charge < -0.3 is 15.6 Å². The van der Waals surface area contributed by atoms with Crippen molar-refractivity contribution in [2.75, 3.05) is 18.9 Å². The predicted molar refractivity (Wildman–Crippen MR) is 65.1 cm³/mol. The Morgan fingerprint density at radius 1 is 1.63 bits per heavy atom. The van der Waals surface area contributed by atoms with Gasteiger partial charge in [-0.2, -0.15) is 4.98 Å². The van der Waals surface area contributed by atoms with Crippen LogP contribution in [0.4, 0.5) is 5.95 Å². The molecule has 1 saturated heterocycles. The van der Waals surface area contributed by atoms with Gasteiger partial charge in [-0.05, 0) is 11.8 Å². The van der Waals surface area contributed by atoms with Gasteiger partial charge in [0.25, 0.3) is 5.56 Å². The van der Waals surface area contributed by atoms with E-state index < -0.39 is 0 Å². The van der Waals surface area contributed by atoms with Gasteiger partial charge in [0.05, 0.1) is 12.9 Å². The van der Waals surface area contributed by atoms with Crippen molar-refractivity contribution in [1.29, 1.82) is 0 Å². The predicted octanol–water partition coefficient (Wildman–Crippen LogP) is -0.915. The normalized spacial score (nSPS) is 32.7. The minimum absolute atomic E-state index is 0.0586. The summed E-state index contributed by atoms with van der Waals surface area (Å²) in [5, 5.41) is 9.26. The average molecular weight is 263 g/mol. The first-order valence-corrected chi connectivity index (χ1v) is 6.15. The summed E-state index contributed by atoms with van der Waals surface area (Å²) in [4.78, 5) is 22.3. The van der Waals surface area contributed by atoms with Crippen LogP contribution >= 0.6 is 0 Å². The summed E-state index contributed by atoms with van der Waals surface area (Å²) >= 11 is 0. The van der Waals surface area contributed by atoms with Crippen LogP contribution in [0.25, 0.3) is 11.2 Å². The number of hydrogen-bond acceptors (Lipinski definition) is 6. The fourth-order valence-corrected chi connectivity index (χ4v) is 3.11. The van der Waals surface area contributed by atoms with Crippen molar-refractivity contribution in [3.63, 3.8) is 0 Å². The van der Waals surface area contributed by atoms with Crippen LogP contribution in [0, 0.1) is 17.8 Å². The van der Waals surface area contributed by atoms with Crippen LogP contribution in [-0.4, -0.2) is 37.8 Å². The van der Waals surface area contributed by atoms with E-state index in [1.807, 2.05) is 0 Å². The highest BCUT2D eigenvalue weighted by molar-refractivity contribution is 5.70. The molecule has 4 rings (SSSR count). The first kappa shape index (κ1) is 10.9. The van der Waals surface area contributed by atoms with E-state index in [1.54, 1.807) is 10.9 Å². The third kappa shape index (κ3) is 1.38. The number of fused-ring (bicyclic) bond motifs is 2. The number of aromatic amines is 1. The molecule has 0 unspecified atom stereocenters. The van der Waals surface area contributed by atoms with Crippen molar-refractivity contribution in [1.82, 2.24) is 19.5 Å². The maximum atomic E-state index is 11.7. The molecule has 19 heavy (non-hydrogen) atoms. The Kier molecular flexibility index (Phi) is 2.04. The van der Waals surface area contributed by atoms with Crippen LogP contribution in [0.2, 0.25) is 0 Å². The molecule has 2 fully saturated rings. The maximum Gasteiger partial charge on any atom is 0.280 e. The van der Waals surface area contributed by atoms with Gasteiger partial charge in [0.15, 0.2) is 11.2 Å². The molecule has 8 heteroatoms. The molecule has 0 radical (unpaired) electrons. The number of nitrogens with zero attached hydrogens (tertiary/aromatic N) is 3. The molecule has 0 aromatic carbocycles. The van der Waals surface area contributed by atoms with E-state index in [9.17, 15) is 9.90 Å². The first-order chi connectivity index (χ1) is 9.20. The second-order valence-electron chi connectivity index (χ2n) is 5.09. The Hall–Kier alpha value is -1.93. The van der Waals surface area contributed by atoms with Crippen LogP contribution < -0.4 is 11.3 Å². The second kappa shape index (κ2) is 3.55. The first-order valence-electron chi connectivity index (χ1n) is 6.15. The fourth-order valence-electron chi connectivity index (χ4n) is 3.11. The van der Waals surface area contributed by atoms with E-state index in [1.165, 1.54) is 0 Å². The molecule has 0 amide bonds. The Labute approximate surface area is 107 Å². The molecular formula is C11H13N5O3. The number of aromatic nitrogens is 4. The minimum Gasteiger partial charge on any atom is -0.396 e. The van der Waals surface area contributed by atoms with E-state index in [-0.39, 0.29) is 41.7 Å². The quantitative estimate of drug-likeness (QED) is 0.645. The van der Waals surface area contributed by atoms with Crippen molar-refractivity contribution in [2.45, 2.75) is 6.23 Å². The number of rotatable bonds is 2. The summed E-state index contributed by atoms with van der Waals surface area (Å²) < 4.78 is 7.44. The molecule has 2 aromatic rings. The molecular weight excluding hydrogens is 250 g/mol. The molecule has 4 atom stereocenters. The molecule has 4 N–H and O–H groups in total. The molecule has 1 aliphatic carbocycles. The number of anilines is 1. The summed E-state index contributed by atoms with van der Waals surface area (Å²) in [5.41, 5.74) is 5.88. The lowest BCUT2D eigenvalue weighted by atomic mass is 10.3. The summed E-state index contributed by atoms with van der Waals surface area (Å²) in [7, 11) is 0. The average Bonchev–Trinajstić information content (AvgIpc) is 2.71. The summed E-state index contributed by atoms with van der Waals surface area (Å²) in [6.45, 7) is 0.789. The van der Waals surface area contributed by atoms with Crippen LogP contribution in [0.15, 0.2) is 11.1 Å². The number of ether oxygens (including phenoxy) is 1. The summed E-state index contributed by atoms with van der Waals surface area (Å²) in [6.07, 6.45) is 1.33. The fraction of sp³-hybridized carbons (Fsp3) is 0.545. The van der Waals surface area contributed by atoms with E-state index >= 15 is 0 Å². The number of aliphatic hydroxyl groups excluding tert-OH is 1. The van der Waals surface area contributed by atoms with E-state index in [0.717, 1.165) is 0 Å². The highest BCUT2D eigenvalue weighted by atomic mass is 16.5. The topological polar surface area (TPSA) is 119 Å². The third-order valence-corrected chi connectivity index (χ3v) is 4.12. The number of nitrogens with two attached hydrogens (primary N) is 1. The standard InChI is InChI=1S/C11H13N5O3/c12-11-14-8-7(9(18)15-11)13-3-16(8)10-6-4(1-17)5(6)2-19-10/h3-6,10,17H,1-2H2,(H3,12,14,15,18)/t4-,5+,6-,10+/m1/s1. The van der Waals surface area contributed by atoms with E-state index in [2.05, 4.69) is 15.0 Å². The molecule has 2 aliphatic rings. The van der Waals surface area contributed by atoms with Gasteiger partial charge in [-0.15, -0.1) is 0 Å². The van der Waals surface area contributed by atoms with Gasteiger partial charge in [-0.25, -0.2) is 4.98 Å². The Morgan fingerprint density at radius 2 is 2.47 bits per heavy atom. The molecule has 3 heterocycles. The molecule has 0 spiro atoms. The van der Waals surface area contributed by atoms with Crippen molar-refractivity contribution in [3.8, 4) is 0 Å². The van der Waals surface area contributed by atoms with Gasteiger partial charge in [0.2, 0.25) is 5.95 Å². The SMILES string of the molecule is Nc1nc2c(ncn2[C@H]2OC[C@H]3[C@@H](CO)[C@H]32)c(=O)[nH]1. The lowest BCUT2D eigenvalue weighted by Gasteiger charge is -2.16. The van der Waals surface area contributed by atoms with Gasteiger partial charge in [-0.1, -0.05) is 0 Å². The van der Waals surface area contributed by atoms with Gasteiger partial charge >= 0.3 is 0 Å². The smallest absolute Gasteiger partial charge is 0.280 e. The van der Waals surface area contributed by atoms with Crippen LogP contribution in [0.1, 0.15) is 6.23 Å². The monoisotopic (exact) mass is 263 g/mol. The molecule has 1 aliphatic heterocycles. The third-order valence-electron chi connectivity index (χ3n) is 4.12. The Bertz CT molecular complexity index is 704. The molecule has 100 valence electrons. The highest BCUT2D eigenvalue weighted by Gasteiger charge is 2.59. The molecule has 2 aromatic heterocycles. The van der Waals surface area contributed by atoms with Gasteiger partial charge in [-0.3, -0.25) is 14.3 Å². The number of aliphatic hydroxyl groups is 1. The molecule has 0 bridgehead atoms. The Morgan fingerprint density at radius 3 is 3.21 bits per heavy atom. The summed E-state index contributed by atoms with van der Waals surface area (Å²) in [6, 6.07) is 0. The van der Waals surface area contributed by atoms with Crippen molar-refractivity contribution in [2.24, 2.45) is 17.8 Å².